The standard InChI is InChI=1S/C25H28N4O/c1-5-17-8-10-18(11-9-17)19-12-13-20-21(15-19)28-24(27-20)22-7-6-14-29(22)25(30)23(26-4)16(2)3/h1,8-13,15-16,22-23,26H,6-7,14H2,2-4H3,(H,27,28). The van der Waals surface area contributed by atoms with E-state index in [1.165, 1.54) is 0 Å². The molecule has 2 heterocycles. The number of carbonyl (C=O) groups is 1. The van der Waals surface area contributed by atoms with Crippen LogP contribution in [0.1, 0.15) is 44.1 Å². The number of rotatable bonds is 5. The molecule has 0 bridgehead atoms. The number of amides is 1. The van der Waals surface area contributed by atoms with Crippen molar-refractivity contribution in [2.24, 2.45) is 5.92 Å². The van der Waals surface area contributed by atoms with E-state index in [4.69, 9.17) is 11.4 Å². The fraction of sp³-hybridized carbons (Fsp3) is 0.360. The summed E-state index contributed by atoms with van der Waals surface area (Å²) in [6.07, 6.45) is 7.38. The average molecular weight is 401 g/mol. The van der Waals surface area contributed by atoms with E-state index in [-0.39, 0.29) is 23.9 Å². The quantitative estimate of drug-likeness (QED) is 0.634. The van der Waals surface area contributed by atoms with E-state index in [0.717, 1.165) is 52.9 Å². The average Bonchev–Trinajstić information content (AvgIpc) is 3.40. The number of carbonyl (C=O) groups excluding carboxylic acids is 1. The summed E-state index contributed by atoms with van der Waals surface area (Å²) < 4.78 is 0. The number of nitrogens with zero attached hydrogens (tertiary/aromatic N) is 2. The van der Waals surface area contributed by atoms with Gasteiger partial charge in [0.25, 0.3) is 0 Å². The molecule has 30 heavy (non-hydrogen) atoms. The van der Waals surface area contributed by atoms with E-state index in [0.29, 0.717) is 0 Å². The molecule has 0 saturated carbocycles. The third-order valence-corrected chi connectivity index (χ3v) is 5.98. The Labute approximate surface area is 177 Å². The van der Waals surface area contributed by atoms with Crippen molar-refractivity contribution in [1.82, 2.24) is 20.2 Å². The Kier molecular flexibility index (Phi) is 5.61. The summed E-state index contributed by atoms with van der Waals surface area (Å²) in [5.74, 6) is 3.91. The summed E-state index contributed by atoms with van der Waals surface area (Å²) >= 11 is 0. The summed E-state index contributed by atoms with van der Waals surface area (Å²) in [5, 5.41) is 3.18. The molecule has 1 saturated heterocycles. The van der Waals surface area contributed by atoms with E-state index < -0.39 is 0 Å². The van der Waals surface area contributed by atoms with Gasteiger partial charge >= 0.3 is 0 Å². The molecular formula is C25H28N4O. The minimum Gasteiger partial charge on any atom is -0.340 e. The van der Waals surface area contributed by atoms with Gasteiger partial charge in [0.2, 0.25) is 5.91 Å². The zero-order valence-corrected chi connectivity index (χ0v) is 17.8. The van der Waals surface area contributed by atoms with Gasteiger partial charge in [0.1, 0.15) is 5.82 Å². The first kappa shape index (κ1) is 20.2. The Morgan fingerprint density at radius 3 is 2.63 bits per heavy atom. The molecule has 2 atom stereocenters. The molecule has 1 aromatic heterocycles. The minimum absolute atomic E-state index is 0.00198. The van der Waals surface area contributed by atoms with Crippen LogP contribution in [0.3, 0.4) is 0 Å². The van der Waals surface area contributed by atoms with Crippen LogP contribution in [0.25, 0.3) is 22.2 Å². The Bertz CT molecular complexity index is 1090. The Hall–Kier alpha value is -3.10. The summed E-state index contributed by atoms with van der Waals surface area (Å²) in [6.45, 7) is 4.92. The van der Waals surface area contributed by atoms with Crippen LogP contribution in [0.4, 0.5) is 0 Å². The van der Waals surface area contributed by atoms with Crippen molar-refractivity contribution in [3.8, 4) is 23.5 Å². The zero-order valence-electron chi connectivity index (χ0n) is 17.8. The maximum absolute atomic E-state index is 13.1. The summed E-state index contributed by atoms with van der Waals surface area (Å²) in [5.41, 5.74) is 4.99. The Morgan fingerprint density at radius 2 is 1.97 bits per heavy atom. The number of terminal acetylenes is 1. The van der Waals surface area contributed by atoms with E-state index in [1.807, 2.05) is 42.3 Å². The largest absolute Gasteiger partial charge is 0.340 e. The lowest BCUT2D eigenvalue weighted by atomic mass is 10.0. The van der Waals surface area contributed by atoms with E-state index in [1.54, 1.807) is 0 Å². The van der Waals surface area contributed by atoms with Gasteiger partial charge < -0.3 is 15.2 Å². The van der Waals surface area contributed by atoms with Gasteiger partial charge in [-0.05, 0) is 61.2 Å². The lowest BCUT2D eigenvalue weighted by molar-refractivity contribution is -0.135. The van der Waals surface area contributed by atoms with Crippen LogP contribution in [-0.4, -0.2) is 40.4 Å². The molecule has 5 heteroatoms. The zero-order chi connectivity index (χ0) is 21.3. The molecule has 1 aliphatic heterocycles. The van der Waals surface area contributed by atoms with Gasteiger partial charge in [-0.2, -0.15) is 0 Å². The molecule has 0 radical (unpaired) electrons. The molecule has 5 nitrogen and oxygen atoms in total. The normalized spacial score (nSPS) is 17.4. The second-order valence-corrected chi connectivity index (χ2v) is 8.28. The molecule has 2 N–H and O–H groups in total. The van der Waals surface area contributed by atoms with Crippen molar-refractivity contribution >= 4 is 16.9 Å². The Balaban J connectivity index is 1.63. The highest BCUT2D eigenvalue weighted by atomic mass is 16.2. The summed E-state index contributed by atoms with van der Waals surface area (Å²) in [4.78, 5) is 23.4. The number of hydrogen-bond donors (Lipinski definition) is 2. The van der Waals surface area contributed by atoms with E-state index >= 15 is 0 Å². The van der Waals surface area contributed by atoms with Crippen LogP contribution in [0.2, 0.25) is 0 Å². The second-order valence-electron chi connectivity index (χ2n) is 8.28. The first-order valence-corrected chi connectivity index (χ1v) is 10.6. The number of aromatic amines is 1. The van der Waals surface area contributed by atoms with Crippen molar-refractivity contribution < 1.29 is 4.79 Å². The third-order valence-electron chi connectivity index (χ3n) is 5.98. The van der Waals surface area contributed by atoms with Gasteiger partial charge in [-0.15, -0.1) is 6.42 Å². The number of likely N-dealkylation sites (tertiary alicyclic amines) is 1. The van der Waals surface area contributed by atoms with Gasteiger partial charge in [-0.3, -0.25) is 4.79 Å². The fourth-order valence-corrected chi connectivity index (χ4v) is 4.36. The highest BCUT2D eigenvalue weighted by Gasteiger charge is 2.36. The number of fused-ring (bicyclic) bond motifs is 1. The number of aromatic nitrogens is 2. The predicted molar refractivity (Wildman–Crippen MR) is 121 cm³/mol. The number of nitrogens with one attached hydrogen (secondary N) is 2. The van der Waals surface area contributed by atoms with Crippen LogP contribution in [0.15, 0.2) is 42.5 Å². The molecule has 1 aliphatic rings. The lowest BCUT2D eigenvalue weighted by Gasteiger charge is -2.29. The van der Waals surface area contributed by atoms with Crippen molar-refractivity contribution in [1.29, 1.82) is 0 Å². The highest BCUT2D eigenvalue weighted by molar-refractivity contribution is 5.84. The van der Waals surface area contributed by atoms with Crippen LogP contribution >= 0.6 is 0 Å². The molecule has 4 rings (SSSR count). The molecule has 154 valence electrons. The summed E-state index contributed by atoms with van der Waals surface area (Å²) in [6, 6.07) is 14.0. The number of imidazole rings is 1. The molecule has 0 aliphatic carbocycles. The number of H-pyrrole nitrogens is 1. The predicted octanol–water partition coefficient (Wildman–Crippen LogP) is 4.12. The van der Waals surface area contributed by atoms with Crippen LogP contribution < -0.4 is 5.32 Å². The Morgan fingerprint density at radius 1 is 1.23 bits per heavy atom. The number of benzene rings is 2. The van der Waals surface area contributed by atoms with Gasteiger partial charge in [0.15, 0.2) is 0 Å². The highest BCUT2D eigenvalue weighted by Crippen LogP contribution is 2.33. The van der Waals surface area contributed by atoms with Crippen molar-refractivity contribution in [2.45, 2.75) is 38.8 Å². The molecule has 1 fully saturated rings. The maximum atomic E-state index is 13.1. The molecule has 2 unspecified atom stereocenters. The molecule has 0 spiro atoms. The van der Waals surface area contributed by atoms with Crippen molar-refractivity contribution in [3.05, 3.63) is 53.9 Å². The smallest absolute Gasteiger partial charge is 0.240 e. The first-order valence-electron chi connectivity index (χ1n) is 10.6. The van der Waals surface area contributed by atoms with Crippen LogP contribution in [0, 0.1) is 18.3 Å². The van der Waals surface area contributed by atoms with E-state index in [2.05, 4.69) is 42.2 Å². The minimum atomic E-state index is -0.174. The van der Waals surface area contributed by atoms with Gasteiger partial charge in [-0.25, -0.2) is 4.98 Å². The first-order chi connectivity index (χ1) is 14.5. The van der Waals surface area contributed by atoms with E-state index in [9.17, 15) is 4.79 Å². The van der Waals surface area contributed by atoms with Crippen molar-refractivity contribution in [2.75, 3.05) is 13.6 Å². The van der Waals surface area contributed by atoms with Crippen molar-refractivity contribution in [3.63, 3.8) is 0 Å². The SMILES string of the molecule is C#Cc1ccc(-c2ccc3nc(C4CCCN4C(=O)C(NC)C(C)C)[nH]c3c2)cc1. The molecular weight excluding hydrogens is 372 g/mol. The third kappa shape index (κ3) is 3.71. The molecule has 1 amide bonds. The fourth-order valence-electron chi connectivity index (χ4n) is 4.36. The topological polar surface area (TPSA) is 61.0 Å². The monoisotopic (exact) mass is 400 g/mol. The van der Waals surface area contributed by atoms with Crippen LogP contribution in [0.5, 0.6) is 0 Å². The molecule has 2 aromatic carbocycles. The van der Waals surface area contributed by atoms with Gasteiger partial charge in [-0.1, -0.05) is 38.0 Å². The second kappa shape index (κ2) is 8.33. The van der Waals surface area contributed by atoms with Gasteiger partial charge in [0, 0.05) is 12.1 Å². The maximum Gasteiger partial charge on any atom is 0.240 e. The molecule has 3 aromatic rings. The van der Waals surface area contributed by atoms with Gasteiger partial charge in [0.05, 0.1) is 23.1 Å². The number of likely N-dealkylation sites (N-methyl/N-ethyl adjacent to an activating group) is 1. The lowest BCUT2D eigenvalue weighted by Crippen LogP contribution is -2.47. The summed E-state index contributed by atoms with van der Waals surface area (Å²) in [7, 11) is 1.85. The van der Waals surface area contributed by atoms with Crippen LogP contribution in [-0.2, 0) is 4.79 Å². The number of hydrogen-bond acceptors (Lipinski definition) is 3.